The minimum absolute atomic E-state index is 0.237. The molecule has 0 aliphatic heterocycles. The van der Waals surface area contributed by atoms with Gasteiger partial charge in [-0.3, -0.25) is 9.82 Å². The van der Waals surface area contributed by atoms with E-state index in [0.29, 0.717) is 23.6 Å². The van der Waals surface area contributed by atoms with E-state index in [1.54, 1.807) is 24.3 Å². The number of fused-ring (bicyclic) bond motifs is 1. The van der Waals surface area contributed by atoms with Gasteiger partial charge in [0.25, 0.3) is 10.0 Å². The van der Waals surface area contributed by atoms with Crippen molar-refractivity contribution in [1.82, 2.24) is 15.1 Å². The van der Waals surface area contributed by atoms with E-state index in [0.717, 1.165) is 35.3 Å². The highest BCUT2D eigenvalue weighted by Gasteiger charge is 2.20. The van der Waals surface area contributed by atoms with Crippen molar-refractivity contribution in [3.8, 4) is 22.6 Å². The van der Waals surface area contributed by atoms with Crippen LogP contribution in [0.3, 0.4) is 0 Å². The largest absolute Gasteiger partial charge is 0.497 e. The predicted octanol–water partition coefficient (Wildman–Crippen LogP) is 3.70. The third kappa shape index (κ3) is 5.31. The van der Waals surface area contributed by atoms with Gasteiger partial charge in [-0.15, -0.1) is 0 Å². The van der Waals surface area contributed by atoms with Gasteiger partial charge in [-0.25, -0.2) is 12.8 Å². The Hall–Kier alpha value is -3.83. The number of aromatic amines is 1. The van der Waals surface area contributed by atoms with Crippen LogP contribution in [0.2, 0.25) is 0 Å². The number of nitrogen functional groups attached to an aromatic ring is 1. The lowest BCUT2D eigenvalue weighted by atomic mass is 10.0. The van der Waals surface area contributed by atoms with Crippen molar-refractivity contribution < 1.29 is 22.3 Å². The number of H-pyrrole nitrogens is 1. The fourth-order valence-corrected chi connectivity index (χ4v) is 4.67. The van der Waals surface area contributed by atoms with Crippen molar-refractivity contribution >= 4 is 32.4 Å². The van der Waals surface area contributed by atoms with Gasteiger partial charge in [0.2, 0.25) is 0 Å². The predicted molar refractivity (Wildman–Crippen MR) is 134 cm³/mol. The molecule has 11 heteroatoms. The molecule has 4 N–H and O–H groups in total. The first-order valence-corrected chi connectivity index (χ1v) is 12.2. The lowest BCUT2D eigenvalue weighted by Gasteiger charge is -2.14. The van der Waals surface area contributed by atoms with Crippen molar-refractivity contribution in [2.45, 2.75) is 4.90 Å². The Morgan fingerprint density at radius 3 is 2.51 bits per heavy atom. The van der Waals surface area contributed by atoms with Crippen molar-refractivity contribution in [3.05, 3.63) is 60.4 Å². The summed E-state index contributed by atoms with van der Waals surface area (Å²) in [6, 6.07) is 14.0. The molecule has 0 amide bonds. The van der Waals surface area contributed by atoms with Crippen LogP contribution in [0.4, 0.5) is 15.9 Å². The standard InChI is InChI=1S/C24H26FN5O4S/c1-30(2)10-11-34-21-13-16(12-20-23(21)24(26)28-27-20)15-4-6-17(7-5-15)29-35(31,32)22-14-18(33-3)8-9-19(22)25/h4-9,12-14,29H,10-11H2,1-3H3,(H3,26,27,28). The third-order valence-electron chi connectivity index (χ3n) is 5.35. The van der Waals surface area contributed by atoms with Gasteiger partial charge < -0.3 is 20.1 Å². The molecule has 0 fully saturated rings. The second-order valence-electron chi connectivity index (χ2n) is 8.14. The molecule has 184 valence electrons. The maximum Gasteiger partial charge on any atom is 0.264 e. The fourth-order valence-electron chi connectivity index (χ4n) is 3.52. The Labute approximate surface area is 202 Å². The monoisotopic (exact) mass is 499 g/mol. The first-order valence-electron chi connectivity index (χ1n) is 10.7. The number of aromatic nitrogens is 2. The molecule has 4 rings (SSSR count). The van der Waals surface area contributed by atoms with Gasteiger partial charge in [0.15, 0.2) is 5.82 Å². The van der Waals surface area contributed by atoms with Crippen molar-refractivity contribution in [3.63, 3.8) is 0 Å². The third-order valence-corrected chi connectivity index (χ3v) is 6.75. The average Bonchev–Trinajstić information content (AvgIpc) is 3.20. The molecule has 0 bridgehead atoms. The molecule has 1 heterocycles. The van der Waals surface area contributed by atoms with Gasteiger partial charge in [-0.2, -0.15) is 5.10 Å². The van der Waals surface area contributed by atoms with Crippen LogP contribution < -0.4 is 19.9 Å². The molecule has 9 nitrogen and oxygen atoms in total. The SMILES string of the molecule is COc1ccc(F)c(S(=O)(=O)Nc2ccc(-c3cc(OCCN(C)C)c4c(N)n[nH]c4c3)cc2)c1. The number of rotatable bonds is 9. The lowest BCUT2D eigenvalue weighted by Crippen LogP contribution is -2.19. The number of hydrogen-bond acceptors (Lipinski definition) is 7. The normalized spacial score (nSPS) is 11.7. The van der Waals surface area contributed by atoms with Crippen LogP contribution in [0, 0.1) is 5.82 Å². The molecule has 1 aromatic heterocycles. The lowest BCUT2D eigenvalue weighted by molar-refractivity contribution is 0.264. The minimum atomic E-state index is -4.16. The maximum atomic E-state index is 14.2. The summed E-state index contributed by atoms with van der Waals surface area (Å²) in [5.74, 6) is 0.314. The van der Waals surface area contributed by atoms with Gasteiger partial charge in [0.05, 0.1) is 18.0 Å². The van der Waals surface area contributed by atoms with Crippen LogP contribution in [0.1, 0.15) is 0 Å². The highest BCUT2D eigenvalue weighted by molar-refractivity contribution is 7.92. The molecule has 0 aliphatic rings. The fraction of sp³-hybridized carbons (Fsp3) is 0.208. The van der Waals surface area contributed by atoms with E-state index in [4.69, 9.17) is 15.2 Å². The second-order valence-corrected chi connectivity index (χ2v) is 9.79. The first-order chi connectivity index (χ1) is 16.7. The van der Waals surface area contributed by atoms with E-state index < -0.39 is 20.7 Å². The number of benzene rings is 3. The van der Waals surface area contributed by atoms with Crippen molar-refractivity contribution in [2.75, 3.05) is 44.8 Å². The van der Waals surface area contributed by atoms with Crippen LogP contribution in [-0.4, -0.2) is 57.9 Å². The molecule has 0 saturated heterocycles. The molecular formula is C24H26FN5O4S. The van der Waals surface area contributed by atoms with Crippen LogP contribution in [0.25, 0.3) is 22.0 Å². The Morgan fingerprint density at radius 1 is 1.09 bits per heavy atom. The molecule has 0 aliphatic carbocycles. The zero-order valence-corrected chi connectivity index (χ0v) is 20.3. The van der Waals surface area contributed by atoms with Gasteiger partial charge in [0.1, 0.15) is 28.8 Å². The van der Waals surface area contributed by atoms with Gasteiger partial charge in [-0.05, 0) is 61.6 Å². The number of ether oxygens (including phenoxy) is 2. The summed E-state index contributed by atoms with van der Waals surface area (Å²) in [6.07, 6.45) is 0. The number of nitrogens with zero attached hydrogens (tertiary/aromatic N) is 2. The Kier molecular flexibility index (Phi) is 6.81. The molecule has 0 unspecified atom stereocenters. The van der Waals surface area contributed by atoms with Crippen LogP contribution in [0.5, 0.6) is 11.5 Å². The van der Waals surface area contributed by atoms with Crippen LogP contribution >= 0.6 is 0 Å². The number of anilines is 2. The summed E-state index contributed by atoms with van der Waals surface area (Å²) >= 11 is 0. The number of methoxy groups -OCH3 is 1. The van der Waals surface area contributed by atoms with E-state index in [2.05, 4.69) is 14.9 Å². The Balaban J connectivity index is 1.61. The molecule has 35 heavy (non-hydrogen) atoms. The summed E-state index contributed by atoms with van der Waals surface area (Å²) in [6.45, 7) is 1.20. The second kappa shape index (κ2) is 9.80. The quantitative estimate of drug-likeness (QED) is 0.321. The molecule has 0 spiro atoms. The highest BCUT2D eigenvalue weighted by Crippen LogP contribution is 2.35. The zero-order valence-electron chi connectivity index (χ0n) is 19.5. The van der Waals surface area contributed by atoms with E-state index in [9.17, 15) is 12.8 Å². The summed E-state index contributed by atoms with van der Waals surface area (Å²) in [4.78, 5) is 1.51. The van der Waals surface area contributed by atoms with E-state index >= 15 is 0 Å². The van der Waals surface area contributed by atoms with E-state index in [-0.39, 0.29) is 11.4 Å². The molecule has 4 aromatic rings. The van der Waals surface area contributed by atoms with Crippen molar-refractivity contribution in [1.29, 1.82) is 0 Å². The summed E-state index contributed by atoms with van der Waals surface area (Å²) < 4.78 is 53.1. The van der Waals surface area contributed by atoms with Gasteiger partial charge >= 0.3 is 0 Å². The Bertz CT molecular complexity index is 1450. The Morgan fingerprint density at radius 2 is 1.83 bits per heavy atom. The number of hydrogen-bond donors (Lipinski definition) is 3. The number of likely N-dealkylation sites (N-methyl/N-ethyl adjacent to an activating group) is 1. The summed E-state index contributed by atoms with van der Waals surface area (Å²) in [5.41, 5.74) is 8.66. The molecule has 0 atom stereocenters. The number of nitrogens with one attached hydrogen (secondary N) is 2. The molecule has 3 aromatic carbocycles. The summed E-state index contributed by atoms with van der Waals surface area (Å²) in [5, 5.41) is 7.70. The number of nitrogens with two attached hydrogens (primary N) is 1. The van der Waals surface area contributed by atoms with Gasteiger partial charge in [-0.1, -0.05) is 12.1 Å². The van der Waals surface area contributed by atoms with Crippen molar-refractivity contribution in [2.24, 2.45) is 0 Å². The number of halogens is 1. The molecule has 0 saturated carbocycles. The van der Waals surface area contributed by atoms with Crippen LogP contribution in [0.15, 0.2) is 59.5 Å². The smallest absolute Gasteiger partial charge is 0.264 e. The first kappa shape index (κ1) is 24.3. The van der Waals surface area contributed by atoms with E-state index in [1.165, 1.54) is 13.2 Å². The van der Waals surface area contributed by atoms with Crippen LogP contribution in [-0.2, 0) is 10.0 Å². The summed E-state index contributed by atoms with van der Waals surface area (Å²) in [7, 11) is 1.13. The topological polar surface area (TPSA) is 123 Å². The minimum Gasteiger partial charge on any atom is -0.497 e. The van der Waals surface area contributed by atoms with E-state index in [1.807, 2.05) is 31.1 Å². The maximum absolute atomic E-state index is 14.2. The highest BCUT2D eigenvalue weighted by atomic mass is 32.2. The molecule has 0 radical (unpaired) electrons. The zero-order chi connectivity index (χ0) is 25.2. The molecular weight excluding hydrogens is 473 g/mol. The number of sulfonamides is 1. The average molecular weight is 500 g/mol. The van der Waals surface area contributed by atoms with Gasteiger partial charge in [0, 0.05) is 18.3 Å².